The summed E-state index contributed by atoms with van der Waals surface area (Å²) in [5.41, 5.74) is -1.82. The Morgan fingerprint density at radius 3 is 2.42 bits per heavy atom. The number of nitrogens with one attached hydrogen (secondary N) is 2. The van der Waals surface area contributed by atoms with E-state index in [1.54, 1.807) is 0 Å². The van der Waals surface area contributed by atoms with Crippen LogP contribution >= 0.6 is 0 Å². The molecule has 0 saturated carbocycles. The lowest BCUT2D eigenvalue weighted by atomic mass is 10.1. The molecule has 0 aliphatic rings. The van der Waals surface area contributed by atoms with Crippen molar-refractivity contribution in [3.05, 3.63) is 29.3 Å². The van der Waals surface area contributed by atoms with Gasteiger partial charge in [-0.15, -0.1) is 0 Å². The normalized spacial score (nSPS) is 11.2. The highest BCUT2D eigenvalue weighted by atomic mass is 19.4. The van der Waals surface area contributed by atoms with Crippen molar-refractivity contribution in [2.24, 2.45) is 0 Å². The molecule has 0 bridgehead atoms. The van der Waals surface area contributed by atoms with Crippen LogP contribution in [0.25, 0.3) is 0 Å². The molecule has 0 fully saturated rings. The van der Waals surface area contributed by atoms with Crippen LogP contribution in [0.15, 0.2) is 18.2 Å². The fourth-order valence-electron chi connectivity index (χ4n) is 1.37. The van der Waals surface area contributed by atoms with Crippen molar-refractivity contribution >= 4 is 17.6 Å². The van der Waals surface area contributed by atoms with Crippen LogP contribution in [0, 0.1) is 0 Å². The summed E-state index contributed by atoms with van der Waals surface area (Å²) in [4.78, 5) is 22.2. The van der Waals surface area contributed by atoms with Gasteiger partial charge in [0, 0.05) is 0 Å². The van der Waals surface area contributed by atoms with E-state index in [0.29, 0.717) is 12.1 Å². The molecule has 0 aromatic heterocycles. The summed E-state index contributed by atoms with van der Waals surface area (Å²) < 4.78 is 37.5. The predicted octanol–water partition coefficient (Wildman–Crippen LogP) is 1.56. The minimum Gasteiger partial charge on any atom is -0.478 e. The average Bonchev–Trinajstić information content (AvgIpc) is 2.27. The van der Waals surface area contributed by atoms with E-state index in [2.05, 4.69) is 10.6 Å². The highest BCUT2D eigenvalue weighted by Gasteiger charge is 2.31. The number of carbonyl (C=O) groups excluding carboxylic acids is 1. The molecule has 0 spiro atoms. The zero-order valence-corrected chi connectivity index (χ0v) is 9.84. The first-order chi connectivity index (χ1) is 8.75. The standard InChI is InChI=1S/C11H11F3N2O3/c1-15-5-9(17)16-8-4-6(11(12,13)14)2-3-7(8)10(18)19/h2-4,15H,5H2,1H3,(H,16,17)(H,18,19). The van der Waals surface area contributed by atoms with Gasteiger partial charge >= 0.3 is 12.1 Å². The molecule has 0 unspecified atom stereocenters. The largest absolute Gasteiger partial charge is 0.478 e. The Bertz CT molecular complexity index is 500. The summed E-state index contributed by atoms with van der Waals surface area (Å²) in [6, 6.07) is 2.05. The van der Waals surface area contributed by atoms with E-state index >= 15 is 0 Å². The highest BCUT2D eigenvalue weighted by Crippen LogP contribution is 2.32. The fraction of sp³-hybridized carbons (Fsp3) is 0.273. The number of carboxylic acid groups (broad SMARTS) is 1. The van der Waals surface area contributed by atoms with Gasteiger partial charge in [0.05, 0.1) is 23.4 Å². The van der Waals surface area contributed by atoms with Gasteiger partial charge in [-0.1, -0.05) is 0 Å². The van der Waals surface area contributed by atoms with Gasteiger partial charge in [-0.25, -0.2) is 4.79 Å². The maximum absolute atomic E-state index is 12.5. The predicted molar refractivity (Wildman–Crippen MR) is 61.0 cm³/mol. The molecule has 0 atom stereocenters. The molecule has 104 valence electrons. The van der Waals surface area contributed by atoms with Crippen molar-refractivity contribution in [1.29, 1.82) is 0 Å². The first kappa shape index (κ1) is 15.0. The second kappa shape index (κ2) is 5.70. The van der Waals surface area contributed by atoms with Crippen LogP contribution < -0.4 is 10.6 Å². The monoisotopic (exact) mass is 276 g/mol. The molecule has 19 heavy (non-hydrogen) atoms. The van der Waals surface area contributed by atoms with E-state index in [0.717, 1.165) is 6.07 Å². The first-order valence-corrected chi connectivity index (χ1v) is 5.14. The maximum atomic E-state index is 12.5. The Kier molecular flexibility index (Phi) is 4.49. The Morgan fingerprint density at radius 1 is 1.32 bits per heavy atom. The van der Waals surface area contributed by atoms with Crippen LogP contribution in [0.5, 0.6) is 0 Å². The summed E-state index contributed by atoms with van der Waals surface area (Å²) >= 11 is 0. The molecule has 0 aliphatic carbocycles. The van der Waals surface area contributed by atoms with Gasteiger partial charge in [-0.2, -0.15) is 13.2 Å². The number of aromatic carboxylic acids is 1. The number of anilines is 1. The Morgan fingerprint density at radius 2 is 1.95 bits per heavy atom. The molecule has 0 saturated heterocycles. The van der Waals surface area contributed by atoms with Gasteiger partial charge in [-0.3, -0.25) is 4.79 Å². The molecule has 8 heteroatoms. The lowest BCUT2D eigenvalue weighted by Gasteiger charge is -2.12. The first-order valence-electron chi connectivity index (χ1n) is 5.14. The van der Waals surface area contributed by atoms with E-state index in [4.69, 9.17) is 5.11 Å². The smallest absolute Gasteiger partial charge is 0.416 e. The van der Waals surface area contributed by atoms with Crippen molar-refractivity contribution in [2.75, 3.05) is 18.9 Å². The molecule has 0 heterocycles. The van der Waals surface area contributed by atoms with Gasteiger partial charge in [0.25, 0.3) is 0 Å². The molecule has 3 N–H and O–H groups in total. The molecular weight excluding hydrogens is 265 g/mol. The Hall–Kier alpha value is -2.09. The minimum atomic E-state index is -4.61. The summed E-state index contributed by atoms with van der Waals surface area (Å²) in [7, 11) is 1.48. The second-order valence-electron chi connectivity index (χ2n) is 3.64. The SMILES string of the molecule is CNCC(=O)Nc1cc(C(F)(F)F)ccc1C(=O)O. The zero-order chi connectivity index (χ0) is 14.6. The van der Waals surface area contributed by atoms with E-state index < -0.39 is 29.2 Å². The van der Waals surface area contributed by atoms with Gasteiger partial charge in [0.1, 0.15) is 0 Å². The molecule has 5 nitrogen and oxygen atoms in total. The summed E-state index contributed by atoms with van der Waals surface area (Å²) in [6.45, 7) is -0.144. The van der Waals surface area contributed by atoms with Gasteiger partial charge < -0.3 is 15.7 Å². The van der Waals surface area contributed by atoms with E-state index in [1.807, 2.05) is 0 Å². The fourth-order valence-corrected chi connectivity index (χ4v) is 1.37. The Balaban J connectivity index is 3.16. The van der Waals surface area contributed by atoms with Crippen molar-refractivity contribution in [2.45, 2.75) is 6.18 Å². The van der Waals surface area contributed by atoms with Gasteiger partial charge in [-0.05, 0) is 25.2 Å². The van der Waals surface area contributed by atoms with Crippen LogP contribution in [0.3, 0.4) is 0 Å². The van der Waals surface area contributed by atoms with Gasteiger partial charge in [0.15, 0.2) is 0 Å². The molecule has 0 radical (unpaired) electrons. The van der Waals surface area contributed by atoms with Crippen molar-refractivity contribution < 1.29 is 27.9 Å². The van der Waals surface area contributed by atoms with Crippen molar-refractivity contribution in [3.63, 3.8) is 0 Å². The number of halogens is 3. The molecule has 1 amide bonds. The van der Waals surface area contributed by atoms with Crippen LogP contribution in [0.1, 0.15) is 15.9 Å². The third-order valence-corrected chi connectivity index (χ3v) is 2.19. The van der Waals surface area contributed by atoms with Crippen molar-refractivity contribution in [3.8, 4) is 0 Å². The van der Waals surface area contributed by atoms with Gasteiger partial charge in [0.2, 0.25) is 5.91 Å². The molecule has 1 aromatic rings. The topological polar surface area (TPSA) is 78.4 Å². The van der Waals surface area contributed by atoms with E-state index in [1.165, 1.54) is 7.05 Å². The number of carbonyl (C=O) groups is 2. The maximum Gasteiger partial charge on any atom is 0.416 e. The summed E-state index contributed by atoms with van der Waals surface area (Å²) in [6.07, 6.45) is -4.61. The van der Waals surface area contributed by atoms with Crippen LogP contribution in [0.4, 0.5) is 18.9 Å². The highest BCUT2D eigenvalue weighted by molar-refractivity contribution is 6.01. The number of hydrogen-bond donors (Lipinski definition) is 3. The number of alkyl halides is 3. The summed E-state index contributed by atoms with van der Waals surface area (Å²) in [5.74, 6) is -2.06. The number of hydrogen-bond acceptors (Lipinski definition) is 3. The number of carboxylic acids is 1. The third kappa shape index (κ3) is 3.95. The molecular formula is C11H11F3N2O3. The number of benzene rings is 1. The summed E-state index contributed by atoms with van der Waals surface area (Å²) in [5, 5.41) is 13.5. The van der Waals surface area contributed by atoms with Crippen LogP contribution in [-0.4, -0.2) is 30.6 Å². The molecule has 1 rings (SSSR count). The quantitative estimate of drug-likeness (QED) is 0.780. The number of rotatable bonds is 4. The number of amides is 1. The molecule has 1 aromatic carbocycles. The average molecular weight is 276 g/mol. The van der Waals surface area contributed by atoms with E-state index in [9.17, 15) is 22.8 Å². The van der Waals surface area contributed by atoms with E-state index in [-0.39, 0.29) is 12.2 Å². The minimum absolute atomic E-state index is 0.144. The lowest BCUT2D eigenvalue weighted by molar-refractivity contribution is -0.137. The Labute approximate surface area is 106 Å². The second-order valence-corrected chi connectivity index (χ2v) is 3.64. The lowest BCUT2D eigenvalue weighted by Crippen LogP contribution is -2.26. The molecule has 0 aliphatic heterocycles. The third-order valence-electron chi connectivity index (χ3n) is 2.19. The van der Waals surface area contributed by atoms with Crippen LogP contribution in [-0.2, 0) is 11.0 Å². The van der Waals surface area contributed by atoms with Crippen LogP contribution in [0.2, 0.25) is 0 Å². The van der Waals surface area contributed by atoms with Crippen molar-refractivity contribution in [1.82, 2.24) is 5.32 Å². The number of likely N-dealkylation sites (N-methyl/N-ethyl adjacent to an activating group) is 1. The zero-order valence-electron chi connectivity index (χ0n) is 9.84.